The first kappa shape index (κ1) is 20.8. The number of sulfonamides is 1. The third kappa shape index (κ3) is 5.30. The fourth-order valence-electron chi connectivity index (χ4n) is 3.01. The molecule has 150 valence electrons. The lowest BCUT2D eigenvalue weighted by molar-refractivity contribution is -0.131. The summed E-state index contributed by atoms with van der Waals surface area (Å²) in [6.07, 6.45) is 0.103. The third-order valence-corrected chi connectivity index (χ3v) is 6.58. The van der Waals surface area contributed by atoms with E-state index in [0.29, 0.717) is 26.2 Å². The van der Waals surface area contributed by atoms with E-state index in [1.807, 2.05) is 0 Å². The first-order valence-corrected chi connectivity index (χ1v) is 11.2. The van der Waals surface area contributed by atoms with E-state index in [0.717, 1.165) is 10.2 Å². The van der Waals surface area contributed by atoms with Crippen molar-refractivity contribution < 1.29 is 17.6 Å². The molecule has 0 radical (unpaired) electrons. The van der Waals surface area contributed by atoms with Gasteiger partial charge in [-0.1, -0.05) is 15.9 Å². The molecule has 0 saturated carbocycles. The number of nitrogens with one attached hydrogen (secondary N) is 1. The van der Waals surface area contributed by atoms with Gasteiger partial charge in [0.05, 0.1) is 4.90 Å². The molecule has 0 bridgehead atoms. The van der Waals surface area contributed by atoms with Crippen molar-refractivity contribution in [2.45, 2.75) is 11.3 Å². The molecular formula is C19H21BrFN3O3S. The van der Waals surface area contributed by atoms with Crippen molar-refractivity contribution in [1.29, 1.82) is 0 Å². The number of hydrogen-bond acceptors (Lipinski definition) is 4. The van der Waals surface area contributed by atoms with Crippen LogP contribution in [0, 0.1) is 5.82 Å². The second-order valence-electron chi connectivity index (χ2n) is 6.45. The zero-order valence-electron chi connectivity index (χ0n) is 15.1. The highest BCUT2D eigenvalue weighted by Gasteiger charge is 2.22. The van der Waals surface area contributed by atoms with Crippen molar-refractivity contribution in [3.05, 3.63) is 58.8 Å². The quantitative estimate of drug-likeness (QED) is 0.705. The maximum atomic E-state index is 13.0. The van der Waals surface area contributed by atoms with E-state index < -0.39 is 10.0 Å². The van der Waals surface area contributed by atoms with Crippen LogP contribution in [-0.4, -0.2) is 51.9 Å². The van der Waals surface area contributed by atoms with Crippen LogP contribution >= 0.6 is 15.9 Å². The van der Waals surface area contributed by atoms with Gasteiger partial charge in [-0.15, -0.1) is 0 Å². The summed E-state index contributed by atoms with van der Waals surface area (Å²) in [6.45, 7) is 2.46. The standard InChI is InChI=1S/C19H21BrFN3O3S/c20-15-1-7-18(8-2-15)28(26,27)22-10-9-19(25)24-13-11-23(12-14-24)17-5-3-16(21)4-6-17/h1-8,22H,9-14H2. The lowest BCUT2D eigenvalue weighted by atomic mass is 10.2. The maximum absolute atomic E-state index is 13.0. The second kappa shape index (κ2) is 9.02. The van der Waals surface area contributed by atoms with E-state index in [1.165, 1.54) is 24.3 Å². The van der Waals surface area contributed by atoms with Crippen LogP contribution in [0.15, 0.2) is 57.9 Å². The number of nitrogens with zero attached hydrogens (tertiary/aromatic N) is 2. The van der Waals surface area contributed by atoms with E-state index in [1.54, 1.807) is 29.2 Å². The molecule has 0 aliphatic carbocycles. The minimum atomic E-state index is -3.63. The van der Waals surface area contributed by atoms with E-state index in [2.05, 4.69) is 25.6 Å². The van der Waals surface area contributed by atoms with Gasteiger partial charge in [-0.25, -0.2) is 17.5 Å². The Bertz CT molecular complexity index is 912. The number of rotatable bonds is 6. The Hall–Kier alpha value is -1.97. The van der Waals surface area contributed by atoms with Gasteiger partial charge in [0.2, 0.25) is 15.9 Å². The molecule has 6 nitrogen and oxygen atoms in total. The van der Waals surface area contributed by atoms with Gasteiger partial charge < -0.3 is 9.80 Å². The van der Waals surface area contributed by atoms with Crippen molar-refractivity contribution in [2.24, 2.45) is 0 Å². The highest BCUT2D eigenvalue weighted by Crippen LogP contribution is 2.17. The molecule has 1 saturated heterocycles. The Morgan fingerprint density at radius 1 is 1.00 bits per heavy atom. The van der Waals surface area contributed by atoms with E-state index in [-0.39, 0.29) is 29.6 Å². The molecule has 0 spiro atoms. The Morgan fingerprint density at radius 2 is 1.61 bits per heavy atom. The number of hydrogen-bond donors (Lipinski definition) is 1. The van der Waals surface area contributed by atoms with Gasteiger partial charge in [0, 0.05) is 49.3 Å². The van der Waals surface area contributed by atoms with Crippen molar-refractivity contribution in [3.63, 3.8) is 0 Å². The van der Waals surface area contributed by atoms with Gasteiger partial charge in [-0.2, -0.15) is 0 Å². The van der Waals surface area contributed by atoms with Gasteiger partial charge in [0.1, 0.15) is 5.82 Å². The molecule has 1 fully saturated rings. The largest absolute Gasteiger partial charge is 0.368 e. The smallest absolute Gasteiger partial charge is 0.240 e. The molecule has 28 heavy (non-hydrogen) atoms. The zero-order chi connectivity index (χ0) is 20.1. The second-order valence-corrected chi connectivity index (χ2v) is 9.13. The van der Waals surface area contributed by atoms with Gasteiger partial charge >= 0.3 is 0 Å². The number of piperazine rings is 1. The third-order valence-electron chi connectivity index (χ3n) is 4.58. The topological polar surface area (TPSA) is 69.7 Å². The minimum Gasteiger partial charge on any atom is -0.368 e. The van der Waals surface area contributed by atoms with Crippen LogP contribution in [0.2, 0.25) is 0 Å². The van der Waals surface area contributed by atoms with Crippen molar-refractivity contribution in [1.82, 2.24) is 9.62 Å². The molecule has 1 aliphatic rings. The lowest BCUT2D eigenvalue weighted by Crippen LogP contribution is -2.49. The summed E-state index contributed by atoms with van der Waals surface area (Å²) in [5, 5.41) is 0. The summed E-state index contributed by atoms with van der Waals surface area (Å²) >= 11 is 3.26. The van der Waals surface area contributed by atoms with Gasteiger partial charge in [-0.05, 0) is 48.5 Å². The molecule has 1 heterocycles. The Labute approximate surface area is 172 Å². The Morgan fingerprint density at radius 3 is 2.21 bits per heavy atom. The summed E-state index contributed by atoms with van der Waals surface area (Å²) in [5.74, 6) is -0.361. The monoisotopic (exact) mass is 469 g/mol. The van der Waals surface area contributed by atoms with Crippen molar-refractivity contribution in [2.75, 3.05) is 37.6 Å². The number of halogens is 2. The number of amides is 1. The van der Waals surface area contributed by atoms with Crippen LogP contribution < -0.4 is 9.62 Å². The fraction of sp³-hybridized carbons (Fsp3) is 0.316. The van der Waals surface area contributed by atoms with Crippen LogP contribution in [0.4, 0.5) is 10.1 Å². The Balaban J connectivity index is 1.45. The van der Waals surface area contributed by atoms with E-state index in [4.69, 9.17) is 0 Å². The lowest BCUT2D eigenvalue weighted by Gasteiger charge is -2.36. The van der Waals surface area contributed by atoms with Gasteiger partial charge in [0.25, 0.3) is 0 Å². The summed E-state index contributed by atoms with van der Waals surface area (Å²) in [5.41, 5.74) is 0.927. The number of benzene rings is 2. The predicted octanol–water partition coefficient (Wildman–Crippen LogP) is 2.61. The number of anilines is 1. The molecule has 3 rings (SSSR count). The first-order valence-electron chi connectivity index (χ1n) is 8.89. The maximum Gasteiger partial charge on any atom is 0.240 e. The van der Waals surface area contributed by atoms with Crippen LogP contribution in [0.3, 0.4) is 0 Å². The average molecular weight is 470 g/mol. The van der Waals surface area contributed by atoms with Crippen LogP contribution in [0.25, 0.3) is 0 Å². The molecule has 0 unspecified atom stereocenters. The molecular weight excluding hydrogens is 449 g/mol. The molecule has 0 atom stereocenters. The summed E-state index contributed by atoms with van der Waals surface area (Å²) in [6, 6.07) is 12.6. The first-order chi connectivity index (χ1) is 13.3. The summed E-state index contributed by atoms with van der Waals surface area (Å²) < 4.78 is 40.8. The summed E-state index contributed by atoms with van der Waals surface area (Å²) in [4.78, 5) is 16.4. The van der Waals surface area contributed by atoms with Crippen LogP contribution in [0.1, 0.15) is 6.42 Å². The van der Waals surface area contributed by atoms with Crippen LogP contribution in [-0.2, 0) is 14.8 Å². The van der Waals surface area contributed by atoms with Crippen molar-refractivity contribution >= 4 is 37.5 Å². The normalized spacial score (nSPS) is 14.9. The molecule has 2 aromatic rings. The highest BCUT2D eigenvalue weighted by atomic mass is 79.9. The summed E-state index contributed by atoms with van der Waals surface area (Å²) in [7, 11) is -3.63. The molecule has 2 aromatic carbocycles. The van der Waals surface area contributed by atoms with Gasteiger partial charge in [0.15, 0.2) is 0 Å². The van der Waals surface area contributed by atoms with Gasteiger partial charge in [-0.3, -0.25) is 4.79 Å². The number of carbonyl (C=O) groups excluding carboxylic acids is 1. The average Bonchev–Trinajstić information content (AvgIpc) is 2.69. The van der Waals surface area contributed by atoms with E-state index in [9.17, 15) is 17.6 Å². The molecule has 1 amide bonds. The SMILES string of the molecule is O=C(CCNS(=O)(=O)c1ccc(Br)cc1)N1CCN(c2ccc(F)cc2)CC1. The Kier molecular flexibility index (Phi) is 6.69. The van der Waals surface area contributed by atoms with E-state index >= 15 is 0 Å². The predicted molar refractivity (Wildman–Crippen MR) is 109 cm³/mol. The fourth-order valence-corrected chi connectivity index (χ4v) is 4.31. The molecule has 0 aromatic heterocycles. The number of carbonyl (C=O) groups is 1. The minimum absolute atomic E-state index is 0.0510. The molecule has 1 aliphatic heterocycles. The van der Waals surface area contributed by atoms with Crippen molar-refractivity contribution in [3.8, 4) is 0 Å². The molecule has 1 N–H and O–H groups in total. The van der Waals surface area contributed by atoms with Crippen LogP contribution in [0.5, 0.6) is 0 Å². The zero-order valence-corrected chi connectivity index (χ0v) is 17.5. The highest BCUT2D eigenvalue weighted by molar-refractivity contribution is 9.10. The molecule has 9 heteroatoms.